The molecule has 0 unspecified atom stereocenters. The van der Waals surface area contributed by atoms with Gasteiger partial charge in [0, 0.05) is 0 Å². The van der Waals surface area contributed by atoms with Crippen LogP contribution < -0.4 is 4.74 Å². The molecule has 0 aliphatic rings. The van der Waals surface area contributed by atoms with Crippen LogP contribution in [0.3, 0.4) is 0 Å². The Kier molecular flexibility index (Phi) is 6.32. The molecule has 0 fully saturated rings. The molecule has 0 spiro atoms. The second-order valence-corrected chi connectivity index (χ2v) is 11.5. The van der Waals surface area contributed by atoms with Crippen LogP contribution in [-0.4, -0.2) is 7.11 Å². The molecule has 42 heavy (non-hydrogen) atoms. The largest absolute Gasteiger partial charge is 0.497 e. The van der Waals surface area contributed by atoms with Crippen LogP contribution in [0.1, 0.15) is 22.3 Å². The van der Waals surface area contributed by atoms with Gasteiger partial charge in [0.25, 0.3) is 0 Å². The van der Waals surface area contributed by atoms with Crippen molar-refractivity contribution in [1.82, 2.24) is 0 Å². The highest BCUT2D eigenvalue weighted by molar-refractivity contribution is 6.22. The summed E-state index contributed by atoms with van der Waals surface area (Å²) in [5, 5.41) is 7.68. The lowest BCUT2D eigenvalue weighted by molar-refractivity contribution is 0.414. The molecule has 0 aliphatic carbocycles. The quantitative estimate of drug-likeness (QED) is 0.201. The Morgan fingerprint density at radius 2 is 0.810 bits per heavy atom. The van der Waals surface area contributed by atoms with Gasteiger partial charge in [0.1, 0.15) is 5.75 Å². The Bertz CT molecular complexity index is 2060. The van der Waals surface area contributed by atoms with Crippen LogP contribution >= 0.6 is 0 Å². The normalized spacial score (nSPS) is 11.5. The van der Waals surface area contributed by atoms with Crippen LogP contribution in [-0.2, 0) is 0 Å². The van der Waals surface area contributed by atoms with E-state index in [1.807, 2.05) is 0 Å². The molecular formula is C41H34O. The summed E-state index contributed by atoms with van der Waals surface area (Å²) >= 11 is 0. The second kappa shape index (κ2) is 10.2. The van der Waals surface area contributed by atoms with Crippen molar-refractivity contribution in [3.05, 3.63) is 138 Å². The molecule has 0 amide bonds. The van der Waals surface area contributed by atoms with Gasteiger partial charge in [0.15, 0.2) is 0 Å². The highest BCUT2D eigenvalue weighted by Crippen LogP contribution is 2.47. The summed E-state index contributed by atoms with van der Waals surface area (Å²) in [6.07, 6.45) is 0. The molecule has 0 atom stereocenters. The minimum absolute atomic E-state index is 0.900. The molecule has 0 aliphatic heterocycles. The van der Waals surface area contributed by atoms with Crippen LogP contribution in [0.5, 0.6) is 5.75 Å². The predicted molar refractivity (Wildman–Crippen MR) is 181 cm³/mol. The molecule has 1 nitrogen and oxygen atoms in total. The van der Waals surface area contributed by atoms with E-state index in [-0.39, 0.29) is 0 Å². The first kappa shape index (κ1) is 26.0. The summed E-state index contributed by atoms with van der Waals surface area (Å²) in [6, 6.07) is 42.2. The summed E-state index contributed by atoms with van der Waals surface area (Å²) in [5.41, 5.74) is 12.8. The zero-order chi connectivity index (χ0) is 29.0. The Morgan fingerprint density at radius 3 is 1.29 bits per heavy atom. The third-order valence-electron chi connectivity index (χ3n) is 8.81. The van der Waals surface area contributed by atoms with E-state index in [0.29, 0.717) is 0 Å². The summed E-state index contributed by atoms with van der Waals surface area (Å²) < 4.78 is 5.61. The number of hydrogen-bond acceptors (Lipinski definition) is 1. The number of ether oxygens (including phenoxy) is 1. The molecule has 0 saturated heterocycles. The second-order valence-electron chi connectivity index (χ2n) is 11.5. The van der Waals surface area contributed by atoms with Crippen molar-refractivity contribution in [2.45, 2.75) is 27.7 Å². The molecule has 0 saturated carbocycles. The number of benzene rings is 7. The van der Waals surface area contributed by atoms with E-state index in [0.717, 1.165) is 5.75 Å². The van der Waals surface area contributed by atoms with Gasteiger partial charge < -0.3 is 4.74 Å². The average molecular weight is 543 g/mol. The third-order valence-corrected chi connectivity index (χ3v) is 8.81. The maximum atomic E-state index is 5.61. The van der Waals surface area contributed by atoms with Crippen molar-refractivity contribution in [2.75, 3.05) is 7.11 Å². The zero-order valence-electron chi connectivity index (χ0n) is 24.9. The van der Waals surface area contributed by atoms with Gasteiger partial charge in [-0.2, -0.15) is 0 Å². The molecule has 0 radical (unpaired) electrons. The van der Waals surface area contributed by atoms with Crippen LogP contribution in [0.4, 0.5) is 0 Å². The zero-order valence-corrected chi connectivity index (χ0v) is 24.9. The van der Waals surface area contributed by atoms with E-state index in [4.69, 9.17) is 4.74 Å². The number of methoxy groups -OCH3 is 1. The van der Waals surface area contributed by atoms with Crippen molar-refractivity contribution >= 4 is 32.3 Å². The van der Waals surface area contributed by atoms with Crippen LogP contribution in [0.2, 0.25) is 0 Å². The van der Waals surface area contributed by atoms with E-state index >= 15 is 0 Å². The van der Waals surface area contributed by atoms with E-state index < -0.39 is 0 Å². The van der Waals surface area contributed by atoms with E-state index in [9.17, 15) is 0 Å². The number of rotatable bonds is 4. The van der Waals surface area contributed by atoms with Crippen molar-refractivity contribution in [3.63, 3.8) is 0 Å². The Morgan fingerprint density at radius 1 is 0.405 bits per heavy atom. The fourth-order valence-electron chi connectivity index (χ4n) is 7.09. The highest BCUT2D eigenvalue weighted by Gasteiger charge is 2.21. The maximum absolute atomic E-state index is 5.61. The van der Waals surface area contributed by atoms with Gasteiger partial charge in [-0.05, 0) is 128 Å². The summed E-state index contributed by atoms with van der Waals surface area (Å²) in [4.78, 5) is 0. The SMILES string of the molecule is COc1cc(C)c(-c2c3ccccc3c(-c3c(C)cc(-c4cccc5ccccc45)cc3C)c3ccccc23)c(C)c1. The third kappa shape index (κ3) is 4.08. The summed E-state index contributed by atoms with van der Waals surface area (Å²) in [5.74, 6) is 0.900. The number of fused-ring (bicyclic) bond motifs is 3. The molecule has 204 valence electrons. The van der Waals surface area contributed by atoms with Crippen molar-refractivity contribution < 1.29 is 4.74 Å². The highest BCUT2D eigenvalue weighted by atomic mass is 16.5. The summed E-state index contributed by atoms with van der Waals surface area (Å²) in [7, 11) is 1.74. The Balaban J connectivity index is 1.54. The van der Waals surface area contributed by atoms with Gasteiger partial charge in [0.2, 0.25) is 0 Å². The lowest BCUT2D eigenvalue weighted by Crippen LogP contribution is -1.97. The fraction of sp³-hybridized carbons (Fsp3) is 0.122. The smallest absolute Gasteiger partial charge is 0.119 e. The molecule has 0 heterocycles. The van der Waals surface area contributed by atoms with Gasteiger partial charge in [-0.1, -0.05) is 103 Å². The van der Waals surface area contributed by atoms with E-state index in [1.165, 1.54) is 88.0 Å². The molecule has 7 aromatic rings. The van der Waals surface area contributed by atoms with E-state index in [1.54, 1.807) is 7.11 Å². The van der Waals surface area contributed by atoms with Gasteiger partial charge in [-0.15, -0.1) is 0 Å². The lowest BCUT2D eigenvalue weighted by Gasteiger charge is -2.22. The van der Waals surface area contributed by atoms with Crippen molar-refractivity contribution in [2.24, 2.45) is 0 Å². The number of aryl methyl sites for hydroxylation is 4. The molecule has 1 heteroatoms. The monoisotopic (exact) mass is 542 g/mol. The van der Waals surface area contributed by atoms with Crippen molar-refractivity contribution in [3.8, 4) is 39.1 Å². The standard InChI is InChI=1S/C41H34O/c1-25-21-30(33-20-12-14-29-13-6-7-15-32(29)33)22-26(2)38(25)40-34-16-8-10-18-36(34)41(37-19-11-9-17-35(37)40)39-27(3)23-31(42-5)24-28(39)4/h6-24H,1-5H3. The van der Waals surface area contributed by atoms with Gasteiger partial charge in [0.05, 0.1) is 7.11 Å². The minimum atomic E-state index is 0.900. The van der Waals surface area contributed by atoms with Crippen molar-refractivity contribution in [1.29, 1.82) is 0 Å². The number of hydrogen-bond donors (Lipinski definition) is 0. The van der Waals surface area contributed by atoms with Gasteiger partial charge in [-0.25, -0.2) is 0 Å². The molecule has 0 aromatic heterocycles. The summed E-state index contributed by atoms with van der Waals surface area (Å²) in [6.45, 7) is 8.93. The van der Waals surface area contributed by atoms with E-state index in [2.05, 4.69) is 143 Å². The Hall–Kier alpha value is -4.88. The molecular weight excluding hydrogens is 508 g/mol. The Labute approximate surface area is 248 Å². The minimum Gasteiger partial charge on any atom is -0.497 e. The first-order chi connectivity index (χ1) is 20.5. The predicted octanol–water partition coefficient (Wildman–Crippen LogP) is 11.4. The van der Waals surface area contributed by atoms with Crippen LogP contribution in [0.15, 0.2) is 115 Å². The van der Waals surface area contributed by atoms with Gasteiger partial charge >= 0.3 is 0 Å². The first-order valence-corrected chi connectivity index (χ1v) is 14.6. The van der Waals surface area contributed by atoms with Crippen LogP contribution in [0.25, 0.3) is 65.7 Å². The average Bonchev–Trinajstić information content (AvgIpc) is 3.00. The molecule has 0 N–H and O–H groups in total. The van der Waals surface area contributed by atoms with Gasteiger partial charge in [-0.3, -0.25) is 0 Å². The fourth-order valence-corrected chi connectivity index (χ4v) is 7.09. The van der Waals surface area contributed by atoms with Crippen LogP contribution in [0, 0.1) is 27.7 Å². The maximum Gasteiger partial charge on any atom is 0.119 e. The molecule has 7 rings (SSSR count). The lowest BCUT2D eigenvalue weighted by atomic mass is 9.81. The molecule has 0 bridgehead atoms. The molecule has 7 aromatic carbocycles. The topological polar surface area (TPSA) is 9.23 Å². The first-order valence-electron chi connectivity index (χ1n) is 14.6.